The number of ether oxygens (including phenoxy) is 1. The number of alkyl halides is 3. The van der Waals surface area contributed by atoms with E-state index in [2.05, 4.69) is 4.98 Å². The Morgan fingerprint density at radius 1 is 1.23 bits per heavy atom. The molecule has 118 valence electrons. The van der Waals surface area contributed by atoms with E-state index in [4.69, 9.17) is 4.74 Å². The van der Waals surface area contributed by atoms with E-state index in [-0.39, 0.29) is 12.0 Å². The highest BCUT2D eigenvalue weighted by molar-refractivity contribution is 5.26. The van der Waals surface area contributed by atoms with Gasteiger partial charge in [0.1, 0.15) is 0 Å². The highest BCUT2D eigenvalue weighted by Crippen LogP contribution is 2.36. The Morgan fingerprint density at radius 2 is 2.00 bits per heavy atom. The molecule has 1 aliphatic heterocycles. The highest BCUT2D eigenvalue weighted by Gasteiger charge is 2.32. The monoisotopic (exact) mass is 310 g/mol. The molecule has 2 aromatic rings. The fourth-order valence-corrected chi connectivity index (χ4v) is 2.93. The minimum atomic E-state index is -4.30. The maximum absolute atomic E-state index is 12.6. The second-order valence-corrected chi connectivity index (χ2v) is 5.57. The summed E-state index contributed by atoms with van der Waals surface area (Å²) in [6, 6.07) is 5.31. The number of hydrogen-bond donors (Lipinski definition) is 0. The first kappa shape index (κ1) is 15.1. The van der Waals surface area contributed by atoms with Crippen LogP contribution in [-0.4, -0.2) is 16.2 Å². The summed E-state index contributed by atoms with van der Waals surface area (Å²) in [7, 11) is 0. The third-order valence-corrected chi connectivity index (χ3v) is 4.02. The van der Waals surface area contributed by atoms with Crippen molar-refractivity contribution < 1.29 is 17.9 Å². The Morgan fingerprint density at radius 3 is 2.64 bits per heavy atom. The van der Waals surface area contributed by atoms with Crippen molar-refractivity contribution in [3.05, 3.63) is 54.1 Å². The lowest BCUT2D eigenvalue weighted by molar-refractivity contribution is -0.137. The molecule has 0 spiro atoms. The summed E-state index contributed by atoms with van der Waals surface area (Å²) in [6.45, 7) is 1.40. The van der Waals surface area contributed by atoms with E-state index in [0.717, 1.165) is 37.1 Å². The van der Waals surface area contributed by atoms with Gasteiger partial charge in [-0.3, -0.25) is 0 Å². The Labute approximate surface area is 126 Å². The SMILES string of the molecule is FC(F)(F)c1ccc([C@@H]2OCCC[C@H]2Cn2ccnc2)cc1. The zero-order valence-electron chi connectivity index (χ0n) is 12.0. The molecule has 6 heteroatoms. The van der Waals surface area contributed by atoms with E-state index in [9.17, 15) is 13.2 Å². The Kier molecular flexibility index (Phi) is 4.20. The van der Waals surface area contributed by atoms with Gasteiger partial charge in [0.15, 0.2) is 0 Å². The van der Waals surface area contributed by atoms with Gasteiger partial charge < -0.3 is 9.30 Å². The van der Waals surface area contributed by atoms with Gasteiger partial charge in [0.05, 0.1) is 18.0 Å². The molecule has 0 bridgehead atoms. The van der Waals surface area contributed by atoms with Crippen molar-refractivity contribution in [3.8, 4) is 0 Å². The first-order chi connectivity index (χ1) is 10.5. The van der Waals surface area contributed by atoms with Crippen LogP contribution >= 0.6 is 0 Å². The number of rotatable bonds is 3. The van der Waals surface area contributed by atoms with Gasteiger partial charge in [-0.2, -0.15) is 13.2 Å². The maximum Gasteiger partial charge on any atom is 0.416 e. The second-order valence-electron chi connectivity index (χ2n) is 5.57. The summed E-state index contributed by atoms with van der Waals surface area (Å²) in [5, 5.41) is 0. The van der Waals surface area contributed by atoms with Crippen LogP contribution < -0.4 is 0 Å². The number of aromatic nitrogens is 2. The van der Waals surface area contributed by atoms with Gasteiger partial charge in [0.25, 0.3) is 0 Å². The topological polar surface area (TPSA) is 27.1 Å². The first-order valence-corrected chi connectivity index (χ1v) is 7.28. The number of hydrogen-bond acceptors (Lipinski definition) is 2. The molecule has 3 rings (SSSR count). The van der Waals surface area contributed by atoms with Crippen LogP contribution in [0.5, 0.6) is 0 Å². The highest BCUT2D eigenvalue weighted by atomic mass is 19.4. The predicted molar refractivity (Wildman–Crippen MR) is 75.1 cm³/mol. The summed E-state index contributed by atoms with van der Waals surface area (Å²) in [5.41, 5.74) is 0.177. The Hall–Kier alpha value is -1.82. The van der Waals surface area contributed by atoms with Crippen molar-refractivity contribution in [2.45, 2.75) is 31.7 Å². The van der Waals surface area contributed by atoms with E-state index in [1.807, 2.05) is 10.8 Å². The molecule has 1 saturated heterocycles. The van der Waals surface area contributed by atoms with E-state index >= 15 is 0 Å². The van der Waals surface area contributed by atoms with Crippen molar-refractivity contribution in [2.24, 2.45) is 5.92 Å². The van der Waals surface area contributed by atoms with Gasteiger partial charge in [-0.15, -0.1) is 0 Å². The van der Waals surface area contributed by atoms with Crippen LogP contribution in [0.2, 0.25) is 0 Å². The number of benzene rings is 1. The lowest BCUT2D eigenvalue weighted by atomic mass is 9.89. The zero-order valence-corrected chi connectivity index (χ0v) is 12.0. The Bertz CT molecular complexity index is 593. The molecule has 1 aliphatic rings. The minimum absolute atomic E-state index is 0.168. The van der Waals surface area contributed by atoms with Crippen molar-refractivity contribution >= 4 is 0 Å². The maximum atomic E-state index is 12.6. The van der Waals surface area contributed by atoms with Gasteiger partial charge in [0.2, 0.25) is 0 Å². The molecule has 0 radical (unpaired) electrons. The van der Waals surface area contributed by atoms with Gasteiger partial charge in [-0.1, -0.05) is 12.1 Å². The van der Waals surface area contributed by atoms with Crippen LogP contribution in [0, 0.1) is 5.92 Å². The van der Waals surface area contributed by atoms with Crippen LogP contribution in [0.25, 0.3) is 0 Å². The third-order valence-electron chi connectivity index (χ3n) is 4.02. The molecule has 2 atom stereocenters. The number of imidazole rings is 1. The average Bonchev–Trinajstić information content (AvgIpc) is 3.00. The summed E-state index contributed by atoms with van der Waals surface area (Å²) < 4.78 is 45.8. The van der Waals surface area contributed by atoms with Crippen molar-refractivity contribution in [1.29, 1.82) is 0 Å². The molecule has 22 heavy (non-hydrogen) atoms. The third kappa shape index (κ3) is 3.32. The Balaban J connectivity index is 1.78. The molecular weight excluding hydrogens is 293 g/mol. The number of halogens is 3. The second kappa shape index (κ2) is 6.12. The molecule has 0 aliphatic carbocycles. The summed E-state index contributed by atoms with van der Waals surface area (Å²) in [6.07, 6.45) is 2.84. The number of nitrogens with zero attached hydrogens (tertiary/aromatic N) is 2. The van der Waals surface area contributed by atoms with Crippen molar-refractivity contribution in [1.82, 2.24) is 9.55 Å². The molecule has 1 fully saturated rings. The molecule has 0 amide bonds. The van der Waals surface area contributed by atoms with Crippen LogP contribution in [0.15, 0.2) is 43.0 Å². The van der Waals surface area contributed by atoms with E-state index in [0.29, 0.717) is 6.61 Å². The lowest BCUT2D eigenvalue weighted by Gasteiger charge is -2.32. The van der Waals surface area contributed by atoms with Crippen LogP contribution in [0.3, 0.4) is 0 Å². The van der Waals surface area contributed by atoms with E-state index in [1.165, 1.54) is 12.1 Å². The quantitative estimate of drug-likeness (QED) is 0.854. The molecule has 0 N–H and O–H groups in total. The molecule has 0 saturated carbocycles. The van der Waals surface area contributed by atoms with Gasteiger partial charge >= 0.3 is 6.18 Å². The van der Waals surface area contributed by atoms with E-state index < -0.39 is 11.7 Å². The van der Waals surface area contributed by atoms with Gasteiger partial charge in [-0.25, -0.2) is 4.98 Å². The summed E-state index contributed by atoms with van der Waals surface area (Å²) in [4.78, 5) is 4.02. The normalized spacial score (nSPS) is 22.7. The van der Waals surface area contributed by atoms with Crippen molar-refractivity contribution in [3.63, 3.8) is 0 Å². The predicted octanol–water partition coefficient (Wildman–Crippen LogP) is 4.07. The molecular formula is C16H17F3N2O. The average molecular weight is 310 g/mol. The lowest BCUT2D eigenvalue weighted by Crippen LogP contribution is -2.26. The fourth-order valence-electron chi connectivity index (χ4n) is 2.93. The van der Waals surface area contributed by atoms with Gasteiger partial charge in [0, 0.05) is 31.5 Å². The van der Waals surface area contributed by atoms with E-state index in [1.54, 1.807) is 12.5 Å². The summed E-state index contributed by atoms with van der Waals surface area (Å²) >= 11 is 0. The van der Waals surface area contributed by atoms with Gasteiger partial charge in [-0.05, 0) is 30.5 Å². The minimum Gasteiger partial charge on any atom is -0.373 e. The van der Waals surface area contributed by atoms with Crippen molar-refractivity contribution in [2.75, 3.05) is 6.61 Å². The van der Waals surface area contributed by atoms with Crippen LogP contribution in [0.4, 0.5) is 13.2 Å². The zero-order chi connectivity index (χ0) is 15.6. The van der Waals surface area contributed by atoms with Crippen LogP contribution in [0.1, 0.15) is 30.1 Å². The fraction of sp³-hybridized carbons (Fsp3) is 0.438. The molecule has 1 aromatic carbocycles. The molecule has 1 aromatic heterocycles. The summed E-state index contributed by atoms with van der Waals surface area (Å²) in [5.74, 6) is 0.236. The van der Waals surface area contributed by atoms with Crippen LogP contribution in [-0.2, 0) is 17.5 Å². The first-order valence-electron chi connectivity index (χ1n) is 7.28. The molecule has 0 unspecified atom stereocenters. The molecule has 3 nitrogen and oxygen atoms in total. The smallest absolute Gasteiger partial charge is 0.373 e. The molecule has 2 heterocycles. The largest absolute Gasteiger partial charge is 0.416 e. The standard InChI is InChI=1S/C16H17F3N2O/c17-16(18,19)14-5-3-12(4-6-14)15-13(2-1-9-22-15)10-21-8-7-20-11-21/h3-8,11,13,15H,1-2,9-10H2/t13-,15-/m0/s1.